The third-order valence-electron chi connectivity index (χ3n) is 2.71. The Kier molecular flexibility index (Phi) is 4.81. The van der Waals surface area contributed by atoms with Crippen LogP contribution in [-0.4, -0.2) is 16.0 Å². The molecule has 0 bridgehead atoms. The fourth-order valence-electron chi connectivity index (χ4n) is 1.72. The number of nitrogens with one attached hydrogen (secondary N) is 1. The van der Waals surface area contributed by atoms with E-state index in [4.69, 9.17) is 5.11 Å². The molecular formula is C14H12BrFN2O2. The van der Waals surface area contributed by atoms with Crippen molar-refractivity contribution in [3.63, 3.8) is 0 Å². The van der Waals surface area contributed by atoms with Gasteiger partial charge in [0.25, 0.3) is 0 Å². The molecule has 4 nitrogen and oxygen atoms in total. The Labute approximate surface area is 123 Å². The number of nitrogens with zero attached hydrogens (tertiary/aromatic N) is 1. The van der Waals surface area contributed by atoms with E-state index in [9.17, 15) is 9.18 Å². The van der Waals surface area contributed by atoms with Crippen molar-refractivity contribution in [2.75, 3.05) is 5.32 Å². The van der Waals surface area contributed by atoms with Gasteiger partial charge in [0.2, 0.25) is 5.91 Å². The fourth-order valence-corrected chi connectivity index (χ4v) is 2.13. The fraction of sp³-hybridized carbons (Fsp3) is 0.143. The van der Waals surface area contributed by atoms with Crippen LogP contribution in [-0.2, 0) is 17.8 Å². The van der Waals surface area contributed by atoms with Gasteiger partial charge in [-0.3, -0.25) is 9.78 Å². The highest BCUT2D eigenvalue weighted by Crippen LogP contribution is 2.18. The van der Waals surface area contributed by atoms with Gasteiger partial charge < -0.3 is 10.4 Å². The van der Waals surface area contributed by atoms with Crippen LogP contribution < -0.4 is 5.32 Å². The third-order valence-corrected chi connectivity index (χ3v) is 3.21. The van der Waals surface area contributed by atoms with Crippen molar-refractivity contribution in [1.29, 1.82) is 0 Å². The summed E-state index contributed by atoms with van der Waals surface area (Å²) in [5, 5.41) is 11.8. The molecule has 0 spiro atoms. The van der Waals surface area contributed by atoms with Gasteiger partial charge in [-0.15, -0.1) is 0 Å². The highest BCUT2D eigenvalue weighted by molar-refractivity contribution is 9.10. The van der Waals surface area contributed by atoms with Crippen molar-refractivity contribution in [3.8, 4) is 0 Å². The zero-order chi connectivity index (χ0) is 14.5. The molecule has 0 atom stereocenters. The number of carbonyl (C=O) groups excluding carboxylic acids is 1. The minimum absolute atomic E-state index is 0.0922. The molecule has 0 fully saturated rings. The maximum Gasteiger partial charge on any atom is 0.228 e. The number of benzene rings is 1. The first kappa shape index (κ1) is 14.6. The first-order chi connectivity index (χ1) is 9.60. The molecule has 1 aromatic carbocycles. The predicted octanol–water partition coefficient (Wildman–Crippen LogP) is 2.66. The van der Waals surface area contributed by atoms with Gasteiger partial charge in [0.1, 0.15) is 5.82 Å². The Morgan fingerprint density at radius 3 is 2.90 bits per heavy atom. The standard InChI is InChI=1S/C14H12BrFN2O2/c15-11-1-2-12(16)10(5-11)6-14(20)18-13-7-17-4-3-9(13)8-19/h1-5,7,19H,6,8H2,(H,18,20). The molecule has 0 saturated heterocycles. The molecule has 0 saturated carbocycles. The molecule has 0 aliphatic heterocycles. The van der Waals surface area contributed by atoms with Gasteiger partial charge in [0, 0.05) is 16.2 Å². The van der Waals surface area contributed by atoms with E-state index in [-0.39, 0.29) is 18.9 Å². The number of hydrogen-bond donors (Lipinski definition) is 2. The van der Waals surface area contributed by atoms with Crippen molar-refractivity contribution in [1.82, 2.24) is 4.98 Å². The van der Waals surface area contributed by atoms with Gasteiger partial charge >= 0.3 is 0 Å². The Hall–Kier alpha value is -1.79. The van der Waals surface area contributed by atoms with Crippen molar-refractivity contribution >= 4 is 27.5 Å². The van der Waals surface area contributed by atoms with Gasteiger partial charge in [-0.25, -0.2) is 4.39 Å². The van der Waals surface area contributed by atoms with E-state index in [0.717, 1.165) is 0 Å². The topological polar surface area (TPSA) is 62.2 Å². The van der Waals surface area contributed by atoms with Crippen LogP contribution in [0.2, 0.25) is 0 Å². The van der Waals surface area contributed by atoms with Gasteiger partial charge in [0.05, 0.1) is 24.9 Å². The average Bonchev–Trinajstić information content (AvgIpc) is 2.43. The molecule has 0 aliphatic carbocycles. The summed E-state index contributed by atoms with van der Waals surface area (Å²) in [6, 6.07) is 6.04. The molecule has 2 aromatic rings. The van der Waals surface area contributed by atoms with E-state index >= 15 is 0 Å². The molecule has 1 amide bonds. The molecule has 6 heteroatoms. The van der Waals surface area contributed by atoms with Crippen molar-refractivity contribution < 1.29 is 14.3 Å². The highest BCUT2D eigenvalue weighted by atomic mass is 79.9. The minimum Gasteiger partial charge on any atom is -0.392 e. The second kappa shape index (κ2) is 6.58. The number of anilines is 1. The average molecular weight is 339 g/mol. The zero-order valence-electron chi connectivity index (χ0n) is 10.4. The number of aliphatic hydroxyl groups excluding tert-OH is 1. The lowest BCUT2D eigenvalue weighted by Crippen LogP contribution is -2.16. The van der Waals surface area contributed by atoms with E-state index in [1.165, 1.54) is 18.5 Å². The lowest BCUT2D eigenvalue weighted by atomic mass is 10.1. The van der Waals surface area contributed by atoms with Gasteiger partial charge in [0.15, 0.2) is 0 Å². The molecule has 1 aromatic heterocycles. The highest BCUT2D eigenvalue weighted by Gasteiger charge is 2.11. The first-order valence-electron chi connectivity index (χ1n) is 5.87. The van der Waals surface area contributed by atoms with E-state index in [1.807, 2.05) is 0 Å². The van der Waals surface area contributed by atoms with Crippen molar-refractivity contribution in [2.45, 2.75) is 13.0 Å². The number of aromatic nitrogens is 1. The van der Waals surface area contributed by atoms with Crippen LogP contribution >= 0.6 is 15.9 Å². The largest absolute Gasteiger partial charge is 0.392 e. The van der Waals surface area contributed by atoms with Crippen molar-refractivity contribution in [2.24, 2.45) is 0 Å². The summed E-state index contributed by atoms with van der Waals surface area (Å²) in [5.41, 5.74) is 1.28. The van der Waals surface area contributed by atoms with Crippen LogP contribution in [0.4, 0.5) is 10.1 Å². The normalized spacial score (nSPS) is 10.3. The van der Waals surface area contributed by atoms with Crippen LogP contribution in [0.1, 0.15) is 11.1 Å². The summed E-state index contributed by atoms with van der Waals surface area (Å²) in [7, 11) is 0. The second-order valence-corrected chi connectivity index (χ2v) is 5.07. The van der Waals surface area contributed by atoms with Crippen LogP contribution in [0, 0.1) is 5.82 Å². The lowest BCUT2D eigenvalue weighted by Gasteiger charge is -2.09. The molecule has 2 N–H and O–H groups in total. The van der Waals surface area contributed by atoms with E-state index in [0.29, 0.717) is 21.3 Å². The minimum atomic E-state index is -0.433. The summed E-state index contributed by atoms with van der Waals surface area (Å²) in [6.07, 6.45) is 2.88. The predicted molar refractivity (Wildman–Crippen MR) is 76.6 cm³/mol. The van der Waals surface area contributed by atoms with E-state index in [1.54, 1.807) is 18.2 Å². The number of aliphatic hydroxyl groups is 1. The lowest BCUT2D eigenvalue weighted by molar-refractivity contribution is -0.115. The van der Waals surface area contributed by atoms with Gasteiger partial charge in [-0.2, -0.15) is 0 Å². The van der Waals surface area contributed by atoms with Crippen LogP contribution in [0.25, 0.3) is 0 Å². The molecule has 104 valence electrons. The summed E-state index contributed by atoms with van der Waals surface area (Å²) >= 11 is 3.23. The molecule has 1 heterocycles. The molecule has 20 heavy (non-hydrogen) atoms. The van der Waals surface area contributed by atoms with Crippen molar-refractivity contribution in [3.05, 3.63) is 58.1 Å². The summed E-state index contributed by atoms with van der Waals surface area (Å²) < 4.78 is 14.3. The molecular weight excluding hydrogens is 327 g/mol. The zero-order valence-corrected chi connectivity index (χ0v) is 12.0. The summed E-state index contributed by atoms with van der Waals surface area (Å²) in [6.45, 7) is -0.205. The first-order valence-corrected chi connectivity index (χ1v) is 6.67. The Balaban J connectivity index is 2.11. The number of carbonyl (C=O) groups is 1. The molecule has 0 radical (unpaired) electrons. The monoisotopic (exact) mass is 338 g/mol. The van der Waals surface area contributed by atoms with Crippen LogP contribution in [0.15, 0.2) is 41.1 Å². The van der Waals surface area contributed by atoms with Crippen LogP contribution in [0.5, 0.6) is 0 Å². The number of amides is 1. The number of rotatable bonds is 4. The van der Waals surface area contributed by atoms with E-state index < -0.39 is 5.82 Å². The third kappa shape index (κ3) is 3.61. The maximum atomic E-state index is 13.6. The smallest absolute Gasteiger partial charge is 0.228 e. The maximum absolute atomic E-state index is 13.6. The molecule has 0 unspecified atom stereocenters. The van der Waals surface area contributed by atoms with Crippen LogP contribution in [0.3, 0.4) is 0 Å². The second-order valence-electron chi connectivity index (χ2n) is 4.15. The summed E-state index contributed by atoms with van der Waals surface area (Å²) in [4.78, 5) is 15.8. The number of halogens is 2. The number of pyridine rings is 1. The Morgan fingerprint density at radius 1 is 1.35 bits per heavy atom. The molecule has 2 rings (SSSR count). The summed E-state index contributed by atoms with van der Waals surface area (Å²) in [5.74, 6) is -0.804. The quantitative estimate of drug-likeness (QED) is 0.900. The number of hydrogen-bond acceptors (Lipinski definition) is 3. The molecule has 0 aliphatic rings. The van der Waals surface area contributed by atoms with Gasteiger partial charge in [-0.1, -0.05) is 15.9 Å². The Morgan fingerprint density at radius 2 is 2.15 bits per heavy atom. The van der Waals surface area contributed by atoms with E-state index in [2.05, 4.69) is 26.2 Å². The van der Waals surface area contributed by atoms with Gasteiger partial charge in [-0.05, 0) is 29.8 Å². The Bertz CT molecular complexity index is 634. The SMILES string of the molecule is O=C(Cc1cc(Br)ccc1F)Nc1cnccc1CO.